The van der Waals surface area contributed by atoms with Crippen molar-refractivity contribution >= 4 is 27.6 Å². The summed E-state index contributed by atoms with van der Waals surface area (Å²) in [5.41, 5.74) is -0.457. The van der Waals surface area contributed by atoms with Crippen molar-refractivity contribution in [2.75, 3.05) is 19.4 Å². The Morgan fingerprint density at radius 3 is 2.75 bits per heavy atom. The number of rotatable bonds is 5. The second kappa shape index (κ2) is 6.87. The van der Waals surface area contributed by atoms with Crippen LogP contribution in [0.25, 0.3) is 0 Å². The van der Waals surface area contributed by atoms with Crippen LogP contribution >= 0.6 is 11.6 Å². The summed E-state index contributed by atoms with van der Waals surface area (Å²) in [6, 6.07) is 4.86. The van der Waals surface area contributed by atoms with Crippen LogP contribution in [0.15, 0.2) is 18.2 Å². The Hall–Kier alpha value is -1.35. The molecule has 2 atom stereocenters. The molecule has 1 heterocycles. The maximum atomic E-state index is 12.3. The lowest BCUT2D eigenvalue weighted by Gasteiger charge is -2.42. The maximum absolute atomic E-state index is 12.3. The highest BCUT2D eigenvalue weighted by Crippen LogP contribution is 2.42. The van der Waals surface area contributed by atoms with E-state index in [4.69, 9.17) is 16.3 Å². The molecule has 1 aliphatic rings. The molecule has 24 heavy (non-hydrogen) atoms. The van der Waals surface area contributed by atoms with Crippen molar-refractivity contribution in [1.82, 2.24) is 4.72 Å². The molecule has 1 aromatic rings. The minimum absolute atomic E-state index is 0.411. The number of aliphatic hydroxyl groups is 1. The fourth-order valence-corrected chi connectivity index (χ4v) is 4.09. The van der Waals surface area contributed by atoms with E-state index in [2.05, 4.69) is 9.46 Å². The SMILES string of the molecule is COC(=O)CNS(=O)(=O)CC1c2cc(Cl)ccc2OC(C)(C)C1O. The first-order valence-corrected chi connectivity index (χ1v) is 9.29. The third-order valence-corrected chi connectivity index (χ3v) is 5.52. The molecule has 7 nitrogen and oxygen atoms in total. The predicted molar refractivity (Wildman–Crippen MR) is 88.7 cm³/mol. The highest BCUT2D eigenvalue weighted by atomic mass is 35.5. The van der Waals surface area contributed by atoms with E-state index in [0.29, 0.717) is 16.3 Å². The summed E-state index contributed by atoms with van der Waals surface area (Å²) >= 11 is 5.99. The topological polar surface area (TPSA) is 102 Å². The van der Waals surface area contributed by atoms with Crippen LogP contribution in [-0.2, 0) is 19.6 Å². The number of nitrogens with one attached hydrogen (secondary N) is 1. The first-order valence-electron chi connectivity index (χ1n) is 7.26. The molecular weight excluding hydrogens is 358 g/mol. The van der Waals surface area contributed by atoms with E-state index in [1.807, 2.05) is 0 Å². The first-order chi connectivity index (χ1) is 11.1. The van der Waals surface area contributed by atoms with Gasteiger partial charge < -0.3 is 14.6 Å². The normalized spacial score (nSPS) is 22.4. The molecule has 2 N–H and O–H groups in total. The molecule has 0 aliphatic carbocycles. The molecule has 2 rings (SSSR count). The Morgan fingerprint density at radius 2 is 2.12 bits per heavy atom. The van der Waals surface area contributed by atoms with E-state index in [1.54, 1.807) is 32.0 Å². The van der Waals surface area contributed by atoms with Crippen LogP contribution in [0.4, 0.5) is 0 Å². The number of sulfonamides is 1. The van der Waals surface area contributed by atoms with Crippen LogP contribution in [0.3, 0.4) is 0 Å². The number of carbonyl (C=O) groups is 1. The molecule has 0 saturated heterocycles. The van der Waals surface area contributed by atoms with E-state index < -0.39 is 45.9 Å². The lowest BCUT2D eigenvalue weighted by molar-refractivity contribution is -0.139. The molecule has 0 aromatic heterocycles. The van der Waals surface area contributed by atoms with Crippen LogP contribution in [0.1, 0.15) is 25.3 Å². The van der Waals surface area contributed by atoms with Gasteiger partial charge in [-0.25, -0.2) is 13.1 Å². The number of ether oxygens (including phenoxy) is 2. The number of halogens is 1. The zero-order chi connectivity index (χ0) is 18.1. The average molecular weight is 378 g/mol. The molecule has 0 bridgehead atoms. The quantitative estimate of drug-likeness (QED) is 0.743. The zero-order valence-corrected chi connectivity index (χ0v) is 15.1. The largest absolute Gasteiger partial charge is 0.485 e. The Labute approximate surface area is 146 Å². The van der Waals surface area contributed by atoms with Gasteiger partial charge in [-0.15, -0.1) is 0 Å². The molecule has 134 valence electrons. The molecule has 0 radical (unpaired) electrons. The Balaban J connectivity index is 2.31. The number of esters is 1. The summed E-state index contributed by atoms with van der Waals surface area (Å²) in [6.07, 6.45) is -1.07. The first kappa shape index (κ1) is 19.0. The molecule has 1 aromatic carbocycles. The van der Waals surface area contributed by atoms with Gasteiger partial charge in [-0.1, -0.05) is 11.6 Å². The van der Waals surface area contributed by atoms with Crippen molar-refractivity contribution in [2.45, 2.75) is 31.5 Å². The predicted octanol–water partition coefficient (Wildman–Crippen LogP) is 1.05. The Bertz CT molecular complexity index is 733. The minimum Gasteiger partial charge on any atom is -0.485 e. The van der Waals surface area contributed by atoms with Crippen LogP contribution in [0, 0.1) is 0 Å². The molecule has 9 heteroatoms. The van der Waals surface area contributed by atoms with E-state index in [-0.39, 0.29) is 0 Å². The summed E-state index contributed by atoms with van der Waals surface area (Å²) in [5, 5.41) is 11.0. The number of hydrogen-bond donors (Lipinski definition) is 2. The molecule has 2 unspecified atom stereocenters. The van der Waals surface area contributed by atoms with Gasteiger partial charge in [-0.3, -0.25) is 4.79 Å². The Kier molecular flexibility index (Phi) is 5.44. The molecule has 1 aliphatic heterocycles. The summed E-state index contributed by atoms with van der Waals surface area (Å²) < 4.78 is 36.9. The highest BCUT2D eigenvalue weighted by Gasteiger charge is 2.44. The highest BCUT2D eigenvalue weighted by molar-refractivity contribution is 7.89. The van der Waals surface area contributed by atoms with Gasteiger partial charge in [0.25, 0.3) is 0 Å². The zero-order valence-electron chi connectivity index (χ0n) is 13.6. The number of fused-ring (bicyclic) bond motifs is 1. The minimum atomic E-state index is -3.83. The summed E-state index contributed by atoms with van der Waals surface area (Å²) in [7, 11) is -2.67. The lowest BCUT2D eigenvalue weighted by atomic mass is 9.82. The van der Waals surface area contributed by atoms with Crippen molar-refractivity contribution in [3.05, 3.63) is 28.8 Å². The van der Waals surface area contributed by atoms with Gasteiger partial charge >= 0.3 is 5.97 Å². The number of benzene rings is 1. The van der Waals surface area contributed by atoms with Gasteiger partial charge in [0.15, 0.2) is 0 Å². The number of carbonyl (C=O) groups excluding carboxylic acids is 1. The number of hydrogen-bond acceptors (Lipinski definition) is 6. The molecule has 0 amide bonds. The van der Waals surface area contributed by atoms with E-state index in [1.165, 1.54) is 7.11 Å². The van der Waals surface area contributed by atoms with Crippen LogP contribution in [-0.4, -0.2) is 50.6 Å². The summed E-state index contributed by atoms with van der Waals surface area (Å²) in [4.78, 5) is 11.1. The van der Waals surface area contributed by atoms with E-state index in [9.17, 15) is 18.3 Å². The van der Waals surface area contributed by atoms with Gasteiger partial charge in [-0.05, 0) is 32.0 Å². The van der Waals surface area contributed by atoms with E-state index >= 15 is 0 Å². The smallest absolute Gasteiger partial charge is 0.320 e. The maximum Gasteiger partial charge on any atom is 0.320 e. The van der Waals surface area contributed by atoms with Crippen LogP contribution < -0.4 is 9.46 Å². The standard InChI is InChI=1S/C15H20ClNO6S/c1-15(2)14(19)11(8-24(20,21)17-7-13(18)22-3)10-6-9(16)4-5-12(10)23-15/h4-6,11,14,17,19H,7-8H2,1-3H3. The van der Waals surface area contributed by atoms with Gasteiger partial charge in [0.05, 0.1) is 12.9 Å². The summed E-state index contributed by atoms with van der Waals surface area (Å²) in [5.74, 6) is -1.39. The second-order valence-electron chi connectivity index (χ2n) is 6.12. The number of aliphatic hydroxyl groups excluding tert-OH is 1. The monoisotopic (exact) mass is 377 g/mol. The third-order valence-electron chi connectivity index (χ3n) is 3.90. The second-order valence-corrected chi connectivity index (χ2v) is 8.41. The van der Waals surface area contributed by atoms with Gasteiger partial charge in [0, 0.05) is 16.5 Å². The van der Waals surface area contributed by atoms with Gasteiger partial charge in [0.1, 0.15) is 24.0 Å². The molecule has 0 saturated carbocycles. The van der Waals surface area contributed by atoms with Crippen LogP contribution in [0.5, 0.6) is 5.75 Å². The van der Waals surface area contributed by atoms with Crippen molar-refractivity contribution < 1.29 is 27.8 Å². The Morgan fingerprint density at radius 1 is 1.46 bits per heavy atom. The van der Waals surface area contributed by atoms with Gasteiger partial charge in [-0.2, -0.15) is 0 Å². The summed E-state index contributed by atoms with van der Waals surface area (Å²) in [6.45, 7) is 2.89. The van der Waals surface area contributed by atoms with E-state index in [0.717, 1.165) is 0 Å². The van der Waals surface area contributed by atoms with Crippen molar-refractivity contribution in [1.29, 1.82) is 0 Å². The number of methoxy groups -OCH3 is 1. The fourth-order valence-electron chi connectivity index (χ4n) is 2.62. The average Bonchev–Trinajstić information content (AvgIpc) is 2.50. The van der Waals surface area contributed by atoms with Crippen molar-refractivity contribution in [3.63, 3.8) is 0 Å². The van der Waals surface area contributed by atoms with Gasteiger partial charge in [0.2, 0.25) is 10.0 Å². The fraction of sp³-hybridized carbons (Fsp3) is 0.533. The van der Waals surface area contributed by atoms with Crippen LogP contribution in [0.2, 0.25) is 5.02 Å². The van der Waals surface area contributed by atoms with Crippen molar-refractivity contribution in [3.8, 4) is 5.75 Å². The molecule has 0 spiro atoms. The molecule has 0 fully saturated rings. The third kappa shape index (κ3) is 4.18. The molecular formula is C15H20ClNO6S. The lowest BCUT2D eigenvalue weighted by Crippen LogP contribution is -2.51. The van der Waals surface area contributed by atoms with Crippen molar-refractivity contribution in [2.24, 2.45) is 0 Å².